The molecular weight excluding hydrogens is 240 g/mol. The molecule has 0 radical (unpaired) electrons. The first-order valence-corrected chi connectivity index (χ1v) is 4.90. The Morgan fingerprint density at radius 3 is 2.44 bits per heavy atom. The van der Waals surface area contributed by atoms with Crippen LogP contribution in [0.1, 0.15) is 20.7 Å². The van der Waals surface area contributed by atoms with Crippen molar-refractivity contribution in [3.05, 3.63) is 28.8 Å². The second-order valence-corrected chi connectivity index (χ2v) is 3.61. The third-order valence-corrected chi connectivity index (χ3v) is 2.61. The van der Waals surface area contributed by atoms with Gasteiger partial charge in [-0.2, -0.15) is 0 Å². The summed E-state index contributed by atoms with van der Waals surface area (Å²) >= 11 is 0. The lowest BCUT2D eigenvalue weighted by atomic mass is 9.88. The number of ketones is 2. The number of hydrogen-bond donors (Lipinski definition) is 2. The van der Waals surface area contributed by atoms with E-state index >= 15 is 0 Å². The van der Waals surface area contributed by atoms with Crippen molar-refractivity contribution < 1.29 is 29.3 Å². The summed E-state index contributed by atoms with van der Waals surface area (Å²) in [7, 11) is 1.24. The Labute approximate surface area is 101 Å². The predicted octanol–water partition coefficient (Wildman–Crippen LogP) is 0.611. The molecule has 6 nitrogen and oxygen atoms in total. The van der Waals surface area contributed by atoms with Crippen LogP contribution in [-0.2, 0) is 4.79 Å². The molecule has 1 aliphatic rings. The molecule has 0 aliphatic heterocycles. The van der Waals surface area contributed by atoms with Crippen LogP contribution in [0.15, 0.2) is 17.7 Å². The topological polar surface area (TPSA) is 101 Å². The molecule has 0 spiro atoms. The monoisotopic (exact) mass is 248 g/mol. The first-order valence-electron chi connectivity index (χ1n) is 4.90. The number of aromatic hydroxyl groups is 2. The van der Waals surface area contributed by atoms with E-state index in [1.165, 1.54) is 7.11 Å². The average molecular weight is 248 g/mol. The minimum Gasteiger partial charge on any atom is -0.507 e. The SMILES string of the molecule is COc1cc(O)c2c(c1O)C(=O)C=C(C=O)C2=O. The van der Waals surface area contributed by atoms with Gasteiger partial charge in [-0.05, 0) is 0 Å². The van der Waals surface area contributed by atoms with E-state index in [9.17, 15) is 24.6 Å². The number of phenols is 2. The number of hydrogen-bond acceptors (Lipinski definition) is 6. The van der Waals surface area contributed by atoms with E-state index in [-0.39, 0.29) is 28.7 Å². The maximum atomic E-state index is 11.8. The van der Waals surface area contributed by atoms with Gasteiger partial charge in [0.15, 0.2) is 23.6 Å². The van der Waals surface area contributed by atoms with E-state index in [0.29, 0.717) is 0 Å². The third kappa shape index (κ3) is 1.46. The molecule has 1 aromatic carbocycles. The van der Waals surface area contributed by atoms with Gasteiger partial charge in [0.2, 0.25) is 5.78 Å². The lowest BCUT2D eigenvalue weighted by Gasteiger charge is -2.16. The highest BCUT2D eigenvalue weighted by atomic mass is 16.5. The van der Waals surface area contributed by atoms with Gasteiger partial charge in [0.05, 0.1) is 23.8 Å². The minimum absolute atomic E-state index is 0.129. The van der Waals surface area contributed by atoms with E-state index in [2.05, 4.69) is 0 Å². The van der Waals surface area contributed by atoms with Gasteiger partial charge in [0.25, 0.3) is 0 Å². The quantitative estimate of drug-likeness (QED) is 0.451. The lowest BCUT2D eigenvalue weighted by molar-refractivity contribution is -0.104. The molecule has 0 saturated heterocycles. The van der Waals surface area contributed by atoms with Crippen LogP contribution in [-0.4, -0.2) is 35.2 Å². The summed E-state index contributed by atoms with van der Waals surface area (Å²) in [6.07, 6.45) is 1.04. The molecule has 18 heavy (non-hydrogen) atoms. The van der Waals surface area contributed by atoms with Crippen molar-refractivity contribution in [2.75, 3.05) is 7.11 Å². The molecule has 0 amide bonds. The van der Waals surface area contributed by atoms with Crippen molar-refractivity contribution in [2.24, 2.45) is 0 Å². The van der Waals surface area contributed by atoms with E-state index in [4.69, 9.17) is 4.74 Å². The van der Waals surface area contributed by atoms with Gasteiger partial charge in [-0.25, -0.2) is 0 Å². The molecule has 2 rings (SSSR count). The Kier molecular flexibility index (Phi) is 2.63. The Hall–Kier alpha value is -2.63. The zero-order valence-electron chi connectivity index (χ0n) is 9.26. The van der Waals surface area contributed by atoms with Crippen molar-refractivity contribution in [3.63, 3.8) is 0 Å². The number of benzene rings is 1. The molecule has 6 heteroatoms. The number of phenolic OH excluding ortho intramolecular Hbond substituents is 2. The Bertz CT molecular complexity index is 611. The van der Waals surface area contributed by atoms with Gasteiger partial charge in [0.1, 0.15) is 5.75 Å². The first kappa shape index (κ1) is 11.8. The van der Waals surface area contributed by atoms with Crippen molar-refractivity contribution in [1.82, 2.24) is 0 Å². The van der Waals surface area contributed by atoms with Crippen LogP contribution in [0.3, 0.4) is 0 Å². The molecule has 92 valence electrons. The third-order valence-electron chi connectivity index (χ3n) is 2.61. The zero-order chi connectivity index (χ0) is 13.4. The van der Waals surface area contributed by atoms with E-state index in [0.717, 1.165) is 12.1 Å². The van der Waals surface area contributed by atoms with Crippen LogP contribution in [0, 0.1) is 0 Å². The summed E-state index contributed by atoms with van der Waals surface area (Å²) < 4.78 is 4.76. The van der Waals surface area contributed by atoms with Crippen LogP contribution in [0.25, 0.3) is 0 Å². The number of rotatable bonds is 2. The molecule has 0 bridgehead atoms. The van der Waals surface area contributed by atoms with Gasteiger partial charge >= 0.3 is 0 Å². The molecule has 0 saturated carbocycles. The van der Waals surface area contributed by atoms with Crippen molar-refractivity contribution in [2.45, 2.75) is 0 Å². The molecule has 0 unspecified atom stereocenters. The van der Waals surface area contributed by atoms with E-state index < -0.39 is 23.1 Å². The molecule has 1 aromatic rings. The number of carbonyl (C=O) groups excluding carboxylic acids is 3. The highest BCUT2D eigenvalue weighted by molar-refractivity contribution is 6.32. The predicted molar refractivity (Wildman–Crippen MR) is 59.1 cm³/mol. The fourth-order valence-corrected chi connectivity index (χ4v) is 1.77. The standard InChI is InChI=1S/C12H8O6/c1-18-8-3-7(15)9-10(12(8)17)6(14)2-5(4-13)11(9)16/h2-4,15,17H,1H3. The van der Waals surface area contributed by atoms with Crippen LogP contribution in [0.4, 0.5) is 0 Å². The Balaban J connectivity index is 2.81. The van der Waals surface area contributed by atoms with Gasteiger partial charge in [-0.15, -0.1) is 0 Å². The normalized spacial score (nSPS) is 13.9. The summed E-state index contributed by atoms with van der Waals surface area (Å²) in [6.45, 7) is 0. The largest absolute Gasteiger partial charge is 0.507 e. The number of aldehydes is 1. The second-order valence-electron chi connectivity index (χ2n) is 3.61. The molecule has 0 heterocycles. The van der Waals surface area contributed by atoms with E-state index in [1.807, 2.05) is 0 Å². The zero-order valence-corrected chi connectivity index (χ0v) is 9.26. The van der Waals surface area contributed by atoms with Gasteiger partial charge in [-0.1, -0.05) is 0 Å². The number of ether oxygens (including phenoxy) is 1. The Morgan fingerprint density at radius 2 is 1.89 bits per heavy atom. The number of Topliss-reactive ketones (excluding diaryl/α,β-unsaturated/α-hetero) is 1. The Morgan fingerprint density at radius 1 is 1.22 bits per heavy atom. The van der Waals surface area contributed by atoms with Crippen LogP contribution < -0.4 is 4.74 Å². The fourth-order valence-electron chi connectivity index (χ4n) is 1.77. The number of methoxy groups -OCH3 is 1. The van der Waals surface area contributed by atoms with Crippen LogP contribution in [0.2, 0.25) is 0 Å². The van der Waals surface area contributed by atoms with Crippen LogP contribution >= 0.6 is 0 Å². The van der Waals surface area contributed by atoms with Crippen molar-refractivity contribution >= 4 is 17.9 Å². The van der Waals surface area contributed by atoms with Gasteiger partial charge < -0.3 is 14.9 Å². The summed E-state index contributed by atoms with van der Waals surface area (Å²) in [5.74, 6) is -2.74. The second kappa shape index (κ2) is 3.99. The van der Waals surface area contributed by atoms with Crippen molar-refractivity contribution in [1.29, 1.82) is 0 Å². The van der Waals surface area contributed by atoms with Crippen molar-refractivity contribution in [3.8, 4) is 17.2 Å². The maximum Gasteiger partial charge on any atom is 0.201 e. The van der Waals surface area contributed by atoms with E-state index in [1.54, 1.807) is 0 Å². The minimum atomic E-state index is -0.810. The molecular formula is C12H8O6. The maximum absolute atomic E-state index is 11.8. The first-order chi connectivity index (χ1) is 8.51. The number of fused-ring (bicyclic) bond motifs is 1. The summed E-state index contributed by atoms with van der Waals surface area (Å²) in [5.41, 5.74) is -1.11. The summed E-state index contributed by atoms with van der Waals surface area (Å²) in [4.78, 5) is 34.2. The molecule has 0 fully saturated rings. The number of allylic oxidation sites excluding steroid dienone is 2. The van der Waals surface area contributed by atoms with Crippen LogP contribution in [0.5, 0.6) is 17.2 Å². The van der Waals surface area contributed by atoms with Gasteiger partial charge in [0, 0.05) is 12.1 Å². The lowest BCUT2D eigenvalue weighted by Crippen LogP contribution is -2.18. The summed E-state index contributed by atoms with van der Waals surface area (Å²) in [6, 6.07) is 1.01. The molecule has 0 atom stereocenters. The highest BCUT2D eigenvalue weighted by Gasteiger charge is 2.32. The fraction of sp³-hybridized carbons (Fsp3) is 0.0833. The molecule has 0 aromatic heterocycles. The summed E-state index contributed by atoms with van der Waals surface area (Å²) in [5, 5.41) is 19.5. The smallest absolute Gasteiger partial charge is 0.201 e. The molecule has 1 aliphatic carbocycles. The highest BCUT2D eigenvalue weighted by Crippen LogP contribution is 2.41. The number of carbonyl (C=O) groups is 3. The molecule has 2 N–H and O–H groups in total. The van der Waals surface area contributed by atoms with Gasteiger partial charge in [-0.3, -0.25) is 14.4 Å². The average Bonchev–Trinajstić information content (AvgIpc) is 2.35.